The Morgan fingerprint density at radius 1 is 1.00 bits per heavy atom. The Balaban J connectivity index is 1.83. The molecule has 0 saturated carbocycles. The van der Waals surface area contributed by atoms with Gasteiger partial charge in [-0.1, -0.05) is 24.3 Å². The van der Waals surface area contributed by atoms with Crippen molar-refractivity contribution in [2.75, 3.05) is 18.5 Å². The van der Waals surface area contributed by atoms with Crippen LogP contribution in [0, 0.1) is 0 Å². The van der Waals surface area contributed by atoms with Crippen LogP contribution in [0.2, 0.25) is 0 Å². The Bertz CT molecular complexity index is 855. The third-order valence-electron chi connectivity index (χ3n) is 3.44. The van der Waals surface area contributed by atoms with Gasteiger partial charge in [0.15, 0.2) is 6.61 Å². The Morgan fingerprint density at radius 3 is 2.30 bits per heavy atom. The summed E-state index contributed by atoms with van der Waals surface area (Å²) in [6.45, 7) is -5.46. The van der Waals surface area contributed by atoms with Crippen LogP contribution in [-0.2, 0) is 20.9 Å². The van der Waals surface area contributed by atoms with Crippen molar-refractivity contribution < 1.29 is 45.8 Å². The van der Waals surface area contributed by atoms with Crippen LogP contribution in [0.3, 0.4) is 0 Å². The second-order valence-corrected chi connectivity index (χ2v) is 5.80. The average Bonchev–Trinajstić information content (AvgIpc) is 2.67. The van der Waals surface area contributed by atoms with Gasteiger partial charge in [0.05, 0.1) is 17.9 Å². The molecule has 0 fully saturated rings. The molecular formula is C19H16F5NO5. The van der Waals surface area contributed by atoms with E-state index < -0.39 is 37.9 Å². The van der Waals surface area contributed by atoms with Crippen LogP contribution in [0.25, 0.3) is 0 Å². The molecule has 0 saturated heterocycles. The lowest BCUT2D eigenvalue weighted by Crippen LogP contribution is -2.21. The van der Waals surface area contributed by atoms with Gasteiger partial charge in [-0.05, 0) is 29.8 Å². The number of rotatable bonds is 9. The molecule has 0 unspecified atom stereocenters. The van der Waals surface area contributed by atoms with Crippen molar-refractivity contribution in [3.05, 3.63) is 59.7 Å². The zero-order valence-corrected chi connectivity index (χ0v) is 15.2. The van der Waals surface area contributed by atoms with Gasteiger partial charge in [-0.25, -0.2) is 4.79 Å². The lowest BCUT2D eigenvalue weighted by atomic mass is 10.1. The summed E-state index contributed by atoms with van der Waals surface area (Å²) in [5, 5.41) is 2.28. The zero-order valence-electron chi connectivity index (χ0n) is 15.2. The molecule has 0 aromatic heterocycles. The lowest BCUT2D eigenvalue weighted by molar-refractivity contribution is -0.176. The van der Waals surface area contributed by atoms with Gasteiger partial charge in [-0.2, -0.15) is 22.0 Å². The van der Waals surface area contributed by atoms with E-state index in [1.54, 1.807) is 0 Å². The van der Waals surface area contributed by atoms with E-state index in [1.165, 1.54) is 48.5 Å². The summed E-state index contributed by atoms with van der Waals surface area (Å²) >= 11 is 0. The molecule has 0 spiro atoms. The molecule has 2 aromatic rings. The maximum absolute atomic E-state index is 12.4. The molecule has 2 aromatic carbocycles. The van der Waals surface area contributed by atoms with E-state index >= 15 is 0 Å². The zero-order chi connectivity index (χ0) is 22.1. The monoisotopic (exact) mass is 433 g/mol. The van der Waals surface area contributed by atoms with Crippen molar-refractivity contribution in [2.24, 2.45) is 0 Å². The van der Waals surface area contributed by atoms with Gasteiger partial charge in [0.25, 0.3) is 5.91 Å². The molecule has 0 aliphatic carbocycles. The predicted octanol–water partition coefficient (Wildman–Crippen LogP) is 4.16. The molecule has 0 radical (unpaired) electrons. The number of para-hydroxylation sites is 2. The number of carbonyl (C=O) groups excluding carboxylic acids is 2. The van der Waals surface area contributed by atoms with E-state index in [-0.39, 0.29) is 23.6 Å². The van der Waals surface area contributed by atoms with Crippen LogP contribution < -0.4 is 10.1 Å². The summed E-state index contributed by atoms with van der Waals surface area (Å²) in [6, 6.07) is 10.8. The van der Waals surface area contributed by atoms with Crippen LogP contribution in [0.4, 0.5) is 27.6 Å². The standard InChI is InChI=1S/C19H16F5NO5/c20-18(21)30-15-4-2-1-3-14(15)25-16(26)10-29-17(27)13-7-5-12(6-8-13)9-28-11-19(22,23)24/h1-8,18H,9-11H2,(H,25,26). The molecule has 6 nitrogen and oxygen atoms in total. The van der Waals surface area contributed by atoms with Crippen LogP contribution in [0.15, 0.2) is 48.5 Å². The van der Waals surface area contributed by atoms with Gasteiger partial charge in [0, 0.05) is 0 Å². The molecule has 0 aliphatic heterocycles. The number of benzene rings is 2. The highest BCUT2D eigenvalue weighted by atomic mass is 19.4. The summed E-state index contributed by atoms with van der Waals surface area (Å²) in [5.74, 6) is -1.90. The minimum Gasteiger partial charge on any atom is -0.452 e. The third kappa shape index (κ3) is 8.03. The molecule has 0 aliphatic rings. The van der Waals surface area contributed by atoms with E-state index in [0.29, 0.717) is 5.56 Å². The smallest absolute Gasteiger partial charge is 0.411 e. The highest BCUT2D eigenvalue weighted by Gasteiger charge is 2.27. The number of halogens is 5. The van der Waals surface area contributed by atoms with Crippen LogP contribution >= 0.6 is 0 Å². The molecular weight excluding hydrogens is 417 g/mol. The molecule has 0 atom stereocenters. The first-order valence-electron chi connectivity index (χ1n) is 8.38. The quantitative estimate of drug-likeness (QED) is 0.475. The Hall–Kier alpha value is -3.21. The van der Waals surface area contributed by atoms with Crippen LogP contribution in [0.1, 0.15) is 15.9 Å². The van der Waals surface area contributed by atoms with Crippen molar-refractivity contribution in [1.29, 1.82) is 0 Å². The van der Waals surface area contributed by atoms with E-state index in [2.05, 4.69) is 14.8 Å². The molecule has 2 rings (SSSR count). The first-order chi connectivity index (χ1) is 14.1. The van der Waals surface area contributed by atoms with Gasteiger partial charge < -0.3 is 19.5 Å². The SMILES string of the molecule is O=C(COC(=O)c1ccc(COCC(F)(F)F)cc1)Nc1ccccc1OC(F)F. The van der Waals surface area contributed by atoms with Gasteiger partial charge in [0.1, 0.15) is 12.4 Å². The number of nitrogens with one attached hydrogen (secondary N) is 1. The van der Waals surface area contributed by atoms with E-state index in [1.807, 2.05) is 0 Å². The van der Waals surface area contributed by atoms with E-state index in [0.717, 1.165) is 0 Å². The Labute approximate surface area is 167 Å². The van der Waals surface area contributed by atoms with E-state index in [4.69, 9.17) is 4.74 Å². The normalized spacial score (nSPS) is 11.3. The maximum atomic E-state index is 12.4. The number of hydrogen-bond acceptors (Lipinski definition) is 5. The maximum Gasteiger partial charge on any atom is 0.411 e. The summed E-state index contributed by atoms with van der Waals surface area (Å²) in [7, 11) is 0. The average molecular weight is 433 g/mol. The van der Waals surface area contributed by atoms with Crippen molar-refractivity contribution in [3.8, 4) is 5.75 Å². The fraction of sp³-hybridized carbons (Fsp3) is 0.263. The van der Waals surface area contributed by atoms with Crippen molar-refractivity contribution in [2.45, 2.75) is 19.4 Å². The van der Waals surface area contributed by atoms with Gasteiger partial charge in [-0.3, -0.25) is 4.79 Å². The summed E-state index contributed by atoms with van der Waals surface area (Å²) in [5.41, 5.74) is 0.440. The molecule has 30 heavy (non-hydrogen) atoms. The minimum absolute atomic E-state index is 0.0259. The number of ether oxygens (including phenoxy) is 3. The minimum atomic E-state index is -4.43. The molecule has 0 heterocycles. The third-order valence-corrected chi connectivity index (χ3v) is 3.44. The number of hydrogen-bond donors (Lipinski definition) is 1. The number of anilines is 1. The molecule has 1 N–H and O–H groups in total. The van der Waals surface area contributed by atoms with Crippen LogP contribution in [-0.4, -0.2) is 37.9 Å². The molecule has 0 bridgehead atoms. The fourth-order valence-electron chi connectivity index (χ4n) is 2.19. The van der Waals surface area contributed by atoms with Gasteiger partial charge >= 0.3 is 18.8 Å². The molecule has 11 heteroatoms. The van der Waals surface area contributed by atoms with Crippen molar-refractivity contribution in [1.82, 2.24) is 0 Å². The number of carbonyl (C=O) groups is 2. The number of esters is 1. The van der Waals surface area contributed by atoms with E-state index in [9.17, 15) is 31.5 Å². The summed E-state index contributed by atoms with van der Waals surface area (Å²) < 4.78 is 74.4. The first-order valence-corrected chi connectivity index (χ1v) is 8.38. The Kier molecular flexibility index (Phi) is 8.10. The largest absolute Gasteiger partial charge is 0.452 e. The fourth-order valence-corrected chi connectivity index (χ4v) is 2.19. The second-order valence-electron chi connectivity index (χ2n) is 5.80. The topological polar surface area (TPSA) is 73.9 Å². The van der Waals surface area contributed by atoms with Gasteiger partial charge in [0.2, 0.25) is 0 Å². The number of alkyl halides is 5. The predicted molar refractivity (Wildman–Crippen MR) is 94.1 cm³/mol. The first kappa shape index (κ1) is 23.1. The van der Waals surface area contributed by atoms with Crippen molar-refractivity contribution in [3.63, 3.8) is 0 Å². The highest BCUT2D eigenvalue weighted by Crippen LogP contribution is 2.25. The lowest BCUT2D eigenvalue weighted by Gasteiger charge is -2.12. The number of amides is 1. The second kappa shape index (κ2) is 10.5. The summed E-state index contributed by atoms with van der Waals surface area (Å²) in [6.07, 6.45) is -4.43. The van der Waals surface area contributed by atoms with Crippen LogP contribution in [0.5, 0.6) is 5.75 Å². The Morgan fingerprint density at radius 2 is 1.67 bits per heavy atom. The van der Waals surface area contributed by atoms with Gasteiger partial charge in [-0.15, -0.1) is 0 Å². The molecule has 162 valence electrons. The van der Waals surface area contributed by atoms with Crippen molar-refractivity contribution >= 4 is 17.6 Å². The molecule has 1 amide bonds. The summed E-state index contributed by atoms with van der Waals surface area (Å²) in [4.78, 5) is 23.9. The highest BCUT2D eigenvalue weighted by molar-refractivity contribution is 5.96.